The zero-order chi connectivity index (χ0) is 18.8. The Bertz CT molecular complexity index is 1320. The number of aromatic amines is 1. The highest BCUT2D eigenvalue weighted by atomic mass is 35.5. The molecule has 0 unspecified atom stereocenters. The first-order chi connectivity index (χ1) is 13.1. The van der Waals surface area contributed by atoms with E-state index < -0.39 is 0 Å². The summed E-state index contributed by atoms with van der Waals surface area (Å²) in [4.78, 5) is 36.0. The molecule has 0 fully saturated rings. The molecule has 0 radical (unpaired) electrons. The molecule has 5 nitrogen and oxygen atoms in total. The number of carbonyl (C=O) groups is 1. The Morgan fingerprint density at radius 1 is 1.07 bits per heavy atom. The van der Waals surface area contributed by atoms with Crippen LogP contribution in [0.5, 0.6) is 0 Å². The van der Waals surface area contributed by atoms with Crippen molar-refractivity contribution < 1.29 is 4.79 Å². The Labute approximate surface area is 162 Å². The maximum Gasteiger partial charge on any atom is 0.266 e. The van der Waals surface area contributed by atoms with E-state index in [1.807, 2.05) is 24.3 Å². The number of aromatic nitrogens is 3. The molecule has 7 heteroatoms. The number of hydrogen-bond donors (Lipinski definition) is 1. The monoisotopic (exact) mass is 393 g/mol. The number of thiazole rings is 1. The van der Waals surface area contributed by atoms with E-state index in [1.54, 1.807) is 36.5 Å². The quantitative estimate of drug-likeness (QED) is 0.543. The van der Waals surface area contributed by atoms with Crippen molar-refractivity contribution in [3.05, 3.63) is 90.6 Å². The van der Waals surface area contributed by atoms with Crippen LogP contribution in [-0.2, 0) is 0 Å². The van der Waals surface area contributed by atoms with E-state index in [0.717, 1.165) is 11.0 Å². The molecule has 2 heterocycles. The van der Waals surface area contributed by atoms with Gasteiger partial charge >= 0.3 is 0 Å². The predicted molar refractivity (Wildman–Crippen MR) is 108 cm³/mol. The third-order valence-corrected chi connectivity index (χ3v) is 5.03. The smallest absolute Gasteiger partial charge is 0.266 e. The lowest BCUT2D eigenvalue weighted by molar-refractivity contribution is 0.106. The van der Waals surface area contributed by atoms with E-state index in [1.165, 1.54) is 17.4 Å². The van der Waals surface area contributed by atoms with Gasteiger partial charge in [-0.1, -0.05) is 23.7 Å². The minimum absolute atomic E-state index is 0.207. The number of nitrogens with zero attached hydrogens (tertiary/aromatic N) is 2. The lowest BCUT2D eigenvalue weighted by atomic mass is 10.1. The highest BCUT2D eigenvalue weighted by Crippen LogP contribution is 2.10. The van der Waals surface area contributed by atoms with Crippen molar-refractivity contribution in [1.29, 1.82) is 0 Å². The molecule has 0 bridgehead atoms. The number of carbonyl (C=O) groups excluding carboxylic acids is 1. The summed E-state index contributed by atoms with van der Waals surface area (Å²) in [6.07, 6.45) is 4.68. The molecule has 132 valence electrons. The number of H-pyrrole nitrogens is 1. The third kappa shape index (κ3) is 3.86. The van der Waals surface area contributed by atoms with Gasteiger partial charge in [-0.3, -0.25) is 14.6 Å². The summed E-state index contributed by atoms with van der Waals surface area (Å²) in [5.74, 6) is -0.207. The number of nitrogens with one attached hydrogen (secondary N) is 1. The van der Waals surface area contributed by atoms with Gasteiger partial charge in [-0.15, -0.1) is 11.3 Å². The minimum Gasteiger partial charge on any atom is -0.313 e. The van der Waals surface area contributed by atoms with Crippen molar-refractivity contribution in [3.8, 4) is 0 Å². The van der Waals surface area contributed by atoms with E-state index in [0.29, 0.717) is 25.5 Å². The number of hydrogen-bond acceptors (Lipinski definition) is 5. The highest BCUT2D eigenvalue weighted by molar-refractivity contribution is 7.07. The van der Waals surface area contributed by atoms with Gasteiger partial charge in [-0.2, -0.15) is 0 Å². The summed E-state index contributed by atoms with van der Waals surface area (Å²) >= 11 is 7.02. The van der Waals surface area contributed by atoms with Gasteiger partial charge in [-0.25, -0.2) is 4.98 Å². The summed E-state index contributed by atoms with van der Waals surface area (Å²) in [6.45, 7) is 0. The average molecular weight is 394 g/mol. The second-order valence-electron chi connectivity index (χ2n) is 5.73. The fraction of sp³-hybridized carbons (Fsp3) is 0. The molecule has 1 N–H and O–H groups in total. The first-order valence-electron chi connectivity index (χ1n) is 8.03. The van der Waals surface area contributed by atoms with Crippen molar-refractivity contribution in [2.75, 3.05) is 0 Å². The number of para-hydroxylation sites is 2. The van der Waals surface area contributed by atoms with Gasteiger partial charge in [0.05, 0.1) is 32.1 Å². The molecule has 0 spiro atoms. The average Bonchev–Trinajstić information content (AvgIpc) is 3.01. The number of Topliss-reactive ketones (excluding diaryl/α,β-unsaturated/α-hetero) is 1. The molecule has 0 saturated carbocycles. The second-order valence-corrected chi connectivity index (χ2v) is 7.25. The van der Waals surface area contributed by atoms with Gasteiger partial charge in [-0.05, 0) is 42.5 Å². The first-order valence-corrected chi connectivity index (χ1v) is 9.22. The van der Waals surface area contributed by atoms with E-state index in [9.17, 15) is 9.59 Å². The molecular formula is C20H12ClN3O2S. The van der Waals surface area contributed by atoms with Gasteiger partial charge < -0.3 is 4.98 Å². The van der Waals surface area contributed by atoms with Gasteiger partial charge in [0.15, 0.2) is 5.78 Å². The number of halogens is 1. The van der Waals surface area contributed by atoms with Crippen LogP contribution in [0.15, 0.2) is 59.5 Å². The summed E-state index contributed by atoms with van der Waals surface area (Å²) in [7, 11) is 0. The number of benzene rings is 2. The maximum atomic E-state index is 12.3. The fourth-order valence-electron chi connectivity index (χ4n) is 2.52. The van der Waals surface area contributed by atoms with Crippen LogP contribution in [0.3, 0.4) is 0 Å². The third-order valence-electron chi connectivity index (χ3n) is 3.82. The maximum absolute atomic E-state index is 12.3. The largest absolute Gasteiger partial charge is 0.313 e. The molecule has 0 atom stereocenters. The topological polar surface area (TPSA) is 75.7 Å². The second kappa shape index (κ2) is 7.26. The molecule has 27 heavy (non-hydrogen) atoms. The molecule has 0 aliphatic rings. The molecular weight excluding hydrogens is 382 g/mol. The van der Waals surface area contributed by atoms with Crippen molar-refractivity contribution in [1.82, 2.24) is 15.0 Å². The van der Waals surface area contributed by atoms with Crippen molar-refractivity contribution in [3.63, 3.8) is 0 Å². The standard InChI is InChI=1S/C20H12ClN3O2S/c21-13-7-5-12(6-8-13)17(25)10-19-24-20(26)18(27-19)9-14-11-22-15-3-1-2-4-16(15)23-14/h1-11H,(H,24,26)/b18-9+,19-10+. The van der Waals surface area contributed by atoms with Gasteiger partial charge in [0.25, 0.3) is 5.56 Å². The van der Waals surface area contributed by atoms with Gasteiger partial charge in [0.1, 0.15) is 0 Å². The molecule has 4 aromatic rings. The van der Waals surface area contributed by atoms with Crippen molar-refractivity contribution in [2.45, 2.75) is 0 Å². The number of ketones is 1. The van der Waals surface area contributed by atoms with E-state index in [-0.39, 0.29) is 11.3 Å². The zero-order valence-electron chi connectivity index (χ0n) is 13.8. The Kier molecular flexibility index (Phi) is 4.66. The summed E-state index contributed by atoms with van der Waals surface area (Å²) in [6, 6.07) is 14.1. The Morgan fingerprint density at radius 3 is 2.59 bits per heavy atom. The van der Waals surface area contributed by atoms with Crippen LogP contribution in [-0.4, -0.2) is 20.7 Å². The van der Waals surface area contributed by atoms with Crippen LogP contribution in [0.2, 0.25) is 5.02 Å². The molecule has 0 aliphatic heterocycles. The Balaban J connectivity index is 1.71. The lowest BCUT2D eigenvalue weighted by Gasteiger charge is -1.96. The lowest BCUT2D eigenvalue weighted by Crippen LogP contribution is -2.20. The van der Waals surface area contributed by atoms with Gasteiger partial charge in [0.2, 0.25) is 0 Å². The van der Waals surface area contributed by atoms with E-state index in [2.05, 4.69) is 15.0 Å². The van der Waals surface area contributed by atoms with Crippen LogP contribution in [0.1, 0.15) is 16.1 Å². The van der Waals surface area contributed by atoms with Crippen LogP contribution in [0.25, 0.3) is 23.2 Å². The molecule has 2 aromatic heterocycles. The summed E-state index contributed by atoms with van der Waals surface area (Å²) < 4.78 is 0.926. The SMILES string of the molecule is O=C(/C=c1\[nH]c(=O)/c(=C\c2cnc3ccccc3n2)s1)c1ccc(Cl)cc1. The van der Waals surface area contributed by atoms with Crippen LogP contribution in [0.4, 0.5) is 0 Å². The summed E-state index contributed by atoms with van der Waals surface area (Å²) in [5, 5.41) is 0.560. The van der Waals surface area contributed by atoms with E-state index in [4.69, 9.17) is 11.6 Å². The van der Waals surface area contributed by atoms with E-state index >= 15 is 0 Å². The molecule has 0 saturated heterocycles. The predicted octanol–water partition coefficient (Wildman–Crippen LogP) is 2.53. The zero-order valence-corrected chi connectivity index (χ0v) is 15.4. The highest BCUT2D eigenvalue weighted by Gasteiger charge is 2.04. The van der Waals surface area contributed by atoms with Gasteiger partial charge in [0, 0.05) is 16.7 Å². The Hall–Kier alpha value is -3.09. The summed E-state index contributed by atoms with van der Waals surface area (Å²) in [5.41, 5.74) is 2.35. The van der Waals surface area contributed by atoms with Crippen LogP contribution < -0.4 is 14.8 Å². The molecule has 0 aliphatic carbocycles. The van der Waals surface area contributed by atoms with Crippen LogP contribution >= 0.6 is 22.9 Å². The van der Waals surface area contributed by atoms with Crippen molar-refractivity contribution >= 4 is 51.9 Å². The molecule has 4 rings (SSSR count). The van der Waals surface area contributed by atoms with Crippen molar-refractivity contribution in [2.24, 2.45) is 0 Å². The minimum atomic E-state index is -0.273. The number of rotatable bonds is 3. The number of fused-ring (bicyclic) bond motifs is 1. The fourth-order valence-corrected chi connectivity index (χ4v) is 3.51. The van der Waals surface area contributed by atoms with Crippen LogP contribution in [0, 0.1) is 0 Å². The molecule has 2 aromatic carbocycles. The Morgan fingerprint density at radius 2 is 1.81 bits per heavy atom. The normalized spacial score (nSPS) is 12.6. The first kappa shape index (κ1) is 17.3. The molecule has 0 amide bonds.